The van der Waals surface area contributed by atoms with Crippen molar-refractivity contribution >= 4 is 5.97 Å². The lowest BCUT2D eigenvalue weighted by molar-refractivity contribution is 0.0727. The second kappa shape index (κ2) is 12.0. The molecule has 0 spiro atoms. The van der Waals surface area contributed by atoms with E-state index in [-0.39, 0.29) is 5.88 Å². The third-order valence-electron chi connectivity index (χ3n) is 5.49. The average Bonchev–Trinajstić information content (AvgIpc) is 2.82. The molecular formula is C27H32N2O2. The number of nitrogens with zero attached hydrogens (tertiary/aromatic N) is 2. The van der Waals surface area contributed by atoms with Gasteiger partial charge in [-0.3, -0.25) is 0 Å². The zero-order chi connectivity index (χ0) is 21.9. The van der Waals surface area contributed by atoms with Gasteiger partial charge in [-0.25, -0.2) is 14.8 Å². The van der Waals surface area contributed by atoms with Crippen molar-refractivity contribution in [2.24, 2.45) is 0 Å². The average molecular weight is 417 g/mol. The Bertz CT molecular complexity index is 932. The number of rotatable bonds is 11. The number of carbonyl (C=O) groups excluding carboxylic acids is 1. The van der Waals surface area contributed by atoms with Crippen LogP contribution in [0.4, 0.5) is 0 Å². The van der Waals surface area contributed by atoms with Crippen LogP contribution in [0.5, 0.6) is 5.88 Å². The SMILES string of the molecule is CCCCCCCCc1ccc(C(=O)Oc2cnc(-c3ccc(CC)cc3)cn2)cc1. The van der Waals surface area contributed by atoms with Crippen LogP contribution in [0.25, 0.3) is 11.3 Å². The van der Waals surface area contributed by atoms with Crippen molar-refractivity contribution in [1.82, 2.24) is 9.97 Å². The Balaban J connectivity index is 1.50. The maximum absolute atomic E-state index is 12.4. The fraction of sp³-hybridized carbons (Fsp3) is 0.370. The van der Waals surface area contributed by atoms with Gasteiger partial charge in [-0.15, -0.1) is 0 Å². The van der Waals surface area contributed by atoms with Crippen molar-refractivity contribution in [3.05, 3.63) is 77.6 Å². The van der Waals surface area contributed by atoms with Crippen molar-refractivity contribution in [1.29, 1.82) is 0 Å². The van der Waals surface area contributed by atoms with Crippen LogP contribution in [-0.2, 0) is 12.8 Å². The number of aryl methyl sites for hydroxylation is 2. The molecule has 0 unspecified atom stereocenters. The minimum atomic E-state index is -0.416. The summed E-state index contributed by atoms with van der Waals surface area (Å²) < 4.78 is 5.39. The monoisotopic (exact) mass is 416 g/mol. The molecule has 0 bridgehead atoms. The highest BCUT2D eigenvalue weighted by molar-refractivity contribution is 5.90. The summed E-state index contributed by atoms with van der Waals surface area (Å²) in [7, 11) is 0. The van der Waals surface area contributed by atoms with Crippen LogP contribution in [0.3, 0.4) is 0 Å². The molecule has 0 saturated carbocycles. The van der Waals surface area contributed by atoms with Gasteiger partial charge in [0.25, 0.3) is 0 Å². The van der Waals surface area contributed by atoms with E-state index >= 15 is 0 Å². The van der Waals surface area contributed by atoms with Crippen LogP contribution in [-0.4, -0.2) is 15.9 Å². The molecule has 0 saturated heterocycles. The summed E-state index contributed by atoms with van der Waals surface area (Å²) in [6, 6.07) is 15.9. The molecule has 4 heteroatoms. The van der Waals surface area contributed by atoms with Crippen molar-refractivity contribution in [2.45, 2.75) is 65.2 Å². The Hall–Kier alpha value is -3.01. The molecule has 162 valence electrons. The normalized spacial score (nSPS) is 10.8. The Morgan fingerprint density at radius 3 is 2.10 bits per heavy atom. The minimum absolute atomic E-state index is 0.204. The lowest BCUT2D eigenvalue weighted by Gasteiger charge is -2.06. The quantitative estimate of drug-likeness (QED) is 0.254. The third kappa shape index (κ3) is 7.02. The number of hydrogen-bond acceptors (Lipinski definition) is 4. The lowest BCUT2D eigenvalue weighted by atomic mass is 10.0. The Morgan fingerprint density at radius 2 is 1.45 bits per heavy atom. The molecule has 0 radical (unpaired) electrons. The van der Waals surface area contributed by atoms with Gasteiger partial charge in [0.05, 0.1) is 23.7 Å². The largest absolute Gasteiger partial charge is 0.402 e. The molecule has 31 heavy (non-hydrogen) atoms. The first-order chi connectivity index (χ1) is 15.2. The maximum atomic E-state index is 12.4. The topological polar surface area (TPSA) is 52.1 Å². The van der Waals surface area contributed by atoms with Gasteiger partial charge in [0.15, 0.2) is 0 Å². The molecule has 0 atom stereocenters. The van der Waals surface area contributed by atoms with Crippen molar-refractivity contribution in [2.75, 3.05) is 0 Å². The van der Waals surface area contributed by atoms with E-state index in [4.69, 9.17) is 4.74 Å². The molecule has 3 rings (SSSR count). The van der Waals surface area contributed by atoms with E-state index in [1.54, 1.807) is 6.20 Å². The standard InChI is InChI=1S/C27H32N2O2/c1-3-5-6-7-8-9-10-22-13-17-24(18-14-22)27(30)31-26-20-28-25(19-29-26)23-15-11-21(4-2)12-16-23/h11-20H,3-10H2,1-2H3. The van der Waals surface area contributed by atoms with E-state index in [1.165, 1.54) is 55.8 Å². The fourth-order valence-electron chi connectivity index (χ4n) is 3.50. The van der Waals surface area contributed by atoms with Crippen LogP contribution in [0.15, 0.2) is 60.9 Å². The summed E-state index contributed by atoms with van der Waals surface area (Å²) in [5.41, 5.74) is 4.79. The summed E-state index contributed by atoms with van der Waals surface area (Å²) >= 11 is 0. The zero-order valence-corrected chi connectivity index (χ0v) is 18.6. The number of hydrogen-bond donors (Lipinski definition) is 0. The second-order valence-electron chi connectivity index (χ2n) is 7.89. The van der Waals surface area contributed by atoms with Crippen LogP contribution < -0.4 is 4.74 Å². The molecule has 2 aromatic carbocycles. The number of unbranched alkanes of at least 4 members (excludes halogenated alkanes) is 5. The zero-order valence-electron chi connectivity index (χ0n) is 18.6. The van der Waals surface area contributed by atoms with E-state index in [0.717, 1.165) is 24.1 Å². The molecule has 3 aromatic rings. The highest BCUT2D eigenvalue weighted by Crippen LogP contribution is 2.19. The van der Waals surface area contributed by atoms with Crippen LogP contribution >= 0.6 is 0 Å². The molecule has 0 amide bonds. The van der Waals surface area contributed by atoms with E-state index in [2.05, 4.69) is 35.9 Å². The maximum Gasteiger partial charge on any atom is 0.344 e. The molecule has 0 fully saturated rings. The number of aromatic nitrogens is 2. The minimum Gasteiger partial charge on any atom is -0.402 e. The Labute approximate surface area is 185 Å². The molecule has 0 aliphatic heterocycles. The van der Waals surface area contributed by atoms with E-state index in [1.807, 2.05) is 36.4 Å². The van der Waals surface area contributed by atoms with Gasteiger partial charge in [0.2, 0.25) is 5.88 Å². The van der Waals surface area contributed by atoms with E-state index in [9.17, 15) is 4.79 Å². The molecule has 0 aliphatic rings. The first-order valence-corrected chi connectivity index (χ1v) is 11.4. The Morgan fingerprint density at radius 1 is 0.774 bits per heavy atom. The highest BCUT2D eigenvalue weighted by Gasteiger charge is 2.10. The second-order valence-corrected chi connectivity index (χ2v) is 7.89. The van der Waals surface area contributed by atoms with Gasteiger partial charge in [-0.05, 0) is 42.5 Å². The van der Waals surface area contributed by atoms with Crippen molar-refractivity contribution < 1.29 is 9.53 Å². The third-order valence-corrected chi connectivity index (χ3v) is 5.49. The summed E-state index contributed by atoms with van der Waals surface area (Å²) in [5, 5.41) is 0. The lowest BCUT2D eigenvalue weighted by Crippen LogP contribution is -2.09. The molecule has 1 aromatic heterocycles. The van der Waals surface area contributed by atoms with Gasteiger partial charge in [0.1, 0.15) is 0 Å². The van der Waals surface area contributed by atoms with Crippen LogP contribution in [0.2, 0.25) is 0 Å². The van der Waals surface area contributed by atoms with Gasteiger partial charge in [-0.1, -0.05) is 82.3 Å². The van der Waals surface area contributed by atoms with Gasteiger partial charge < -0.3 is 4.74 Å². The Kier molecular flexibility index (Phi) is 8.77. The van der Waals surface area contributed by atoms with Gasteiger partial charge >= 0.3 is 5.97 Å². The summed E-state index contributed by atoms with van der Waals surface area (Å²) in [4.78, 5) is 21.1. The molecule has 4 nitrogen and oxygen atoms in total. The summed E-state index contributed by atoms with van der Waals surface area (Å²) in [5.74, 6) is -0.212. The van der Waals surface area contributed by atoms with Gasteiger partial charge in [0, 0.05) is 5.56 Å². The number of benzene rings is 2. The van der Waals surface area contributed by atoms with E-state index in [0.29, 0.717) is 5.56 Å². The van der Waals surface area contributed by atoms with Gasteiger partial charge in [-0.2, -0.15) is 0 Å². The fourth-order valence-corrected chi connectivity index (χ4v) is 3.50. The summed E-state index contributed by atoms with van der Waals surface area (Å²) in [6.07, 6.45) is 12.9. The predicted octanol–water partition coefficient (Wildman–Crippen LogP) is 6.83. The van der Waals surface area contributed by atoms with Crippen molar-refractivity contribution in [3.63, 3.8) is 0 Å². The number of carbonyl (C=O) groups is 1. The predicted molar refractivity (Wildman–Crippen MR) is 125 cm³/mol. The summed E-state index contributed by atoms with van der Waals surface area (Å²) in [6.45, 7) is 4.36. The number of esters is 1. The molecule has 0 N–H and O–H groups in total. The van der Waals surface area contributed by atoms with Crippen LogP contribution in [0.1, 0.15) is 73.9 Å². The smallest absolute Gasteiger partial charge is 0.344 e. The van der Waals surface area contributed by atoms with E-state index < -0.39 is 5.97 Å². The van der Waals surface area contributed by atoms with Crippen LogP contribution in [0, 0.1) is 0 Å². The molecule has 1 heterocycles. The number of ether oxygens (including phenoxy) is 1. The van der Waals surface area contributed by atoms with Crippen molar-refractivity contribution in [3.8, 4) is 17.1 Å². The first kappa shape index (κ1) is 22.7. The molecule has 0 aliphatic carbocycles. The highest BCUT2D eigenvalue weighted by atomic mass is 16.5. The first-order valence-electron chi connectivity index (χ1n) is 11.4. The molecular weight excluding hydrogens is 384 g/mol.